The zero-order valence-corrected chi connectivity index (χ0v) is 20.2. The van der Waals surface area contributed by atoms with Crippen molar-refractivity contribution in [2.24, 2.45) is 5.41 Å². The lowest BCUT2D eigenvalue weighted by molar-refractivity contribution is -0.139. The molecule has 12 heteroatoms. The number of imide groups is 1. The van der Waals surface area contributed by atoms with Gasteiger partial charge in [0.05, 0.1) is 30.8 Å². The van der Waals surface area contributed by atoms with E-state index in [4.69, 9.17) is 18.6 Å². The highest BCUT2D eigenvalue weighted by atomic mass is 32.2. The Labute approximate surface area is 201 Å². The predicted molar refractivity (Wildman–Crippen MR) is 122 cm³/mol. The quantitative estimate of drug-likeness (QED) is 0.245. The summed E-state index contributed by atoms with van der Waals surface area (Å²) in [5.41, 5.74) is 0.539. The fraction of sp³-hybridized carbons (Fsp3) is 0.591. The molecule has 188 valence electrons. The summed E-state index contributed by atoms with van der Waals surface area (Å²) in [5.74, 6) is -1.88. The first kappa shape index (κ1) is 26.4. The monoisotopic (exact) mass is 497 g/mol. The van der Waals surface area contributed by atoms with Crippen LogP contribution in [0.3, 0.4) is 0 Å². The van der Waals surface area contributed by atoms with Crippen LogP contribution in [0.4, 0.5) is 0 Å². The first-order valence-corrected chi connectivity index (χ1v) is 12.1. The molecule has 2 heterocycles. The molecule has 2 aliphatic rings. The van der Waals surface area contributed by atoms with E-state index in [1.165, 1.54) is 0 Å². The van der Waals surface area contributed by atoms with Gasteiger partial charge in [0.1, 0.15) is 6.73 Å². The Hall–Kier alpha value is -2.22. The van der Waals surface area contributed by atoms with Crippen LogP contribution in [0.25, 0.3) is 0 Å². The van der Waals surface area contributed by atoms with Crippen molar-refractivity contribution < 1.29 is 37.2 Å². The molecule has 0 bridgehead atoms. The first-order valence-electron chi connectivity index (χ1n) is 11.0. The fourth-order valence-corrected chi connectivity index (χ4v) is 4.39. The van der Waals surface area contributed by atoms with E-state index in [0.29, 0.717) is 26.3 Å². The Morgan fingerprint density at radius 1 is 1.21 bits per heavy atom. The summed E-state index contributed by atoms with van der Waals surface area (Å²) in [4.78, 5) is 42.1. The van der Waals surface area contributed by atoms with E-state index >= 15 is 0 Å². The Bertz CT molecular complexity index is 948. The maximum atomic E-state index is 13.0. The van der Waals surface area contributed by atoms with Crippen LogP contribution in [0.1, 0.15) is 46.5 Å². The third-order valence-electron chi connectivity index (χ3n) is 5.83. The summed E-state index contributed by atoms with van der Waals surface area (Å²) < 4.78 is 30.3. The predicted octanol–water partition coefficient (Wildman–Crippen LogP) is 1.03. The summed E-state index contributed by atoms with van der Waals surface area (Å²) in [5, 5.41) is 9.11. The van der Waals surface area contributed by atoms with Crippen LogP contribution in [0.5, 0.6) is 0 Å². The molecule has 0 radical (unpaired) electrons. The van der Waals surface area contributed by atoms with Gasteiger partial charge in [-0.15, -0.1) is 0 Å². The molecule has 11 nitrogen and oxygen atoms in total. The van der Waals surface area contributed by atoms with Gasteiger partial charge in [-0.1, -0.05) is 19.9 Å². The summed E-state index contributed by atoms with van der Waals surface area (Å²) in [6.07, 6.45) is -0.171. The molecule has 0 aliphatic carbocycles. The van der Waals surface area contributed by atoms with E-state index in [2.05, 4.69) is 4.90 Å². The number of fused-ring (bicyclic) bond motifs is 1. The minimum atomic E-state index is -2.40. The highest BCUT2D eigenvalue weighted by Gasteiger charge is 2.39. The standard InChI is InChI=1S/C22H31N3O8S/c1-22(2,12-19(26)27)14-25-20(28)17-4-3-16(11-18(17)21(25)29)13-24(15-33-34(30)31)6-5-23-7-9-32-10-8-23/h3-4,11H,5-10,12-15H2,1-2H3,(H,26,27)(H,30,31). The second-order valence-corrected chi connectivity index (χ2v) is 9.95. The minimum absolute atomic E-state index is 0.00279. The van der Waals surface area contributed by atoms with E-state index in [9.17, 15) is 18.6 Å². The number of hydrogen-bond acceptors (Lipinski definition) is 8. The van der Waals surface area contributed by atoms with E-state index in [1.54, 1.807) is 32.0 Å². The third kappa shape index (κ3) is 7.14. The lowest BCUT2D eigenvalue weighted by Gasteiger charge is -2.29. The van der Waals surface area contributed by atoms with Crippen LogP contribution in [-0.2, 0) is 31.6 Å². The molecule has 1 fully saturated rings. The average molecular weight is 498 g/mol. The first-order chi connectivity index (χ1) is 16.1. The van der Waals surface area contributed by atoms with Crippen molar-refractivity contribution in [3.05, 3.63) is 34.9 Å². The number of hydrogen-bond donors (Lipinski definition) is 2. The van der Waals surface area contributed by atoms with Crippen LogP contribution in [0.15, 0.2) is 18.2 Å². The van der Waals surface area contributed by atoms with Gasteiger partial charge in [-0.2, -0.15) is 4.21 Å². The molecule has 2 amide bonds. The molecule has 1 atom stereocenters. The van der Waals surface area contributed by atoms with E-state index in [-0.39, 0.29) is 30.8 Å². The second kappa shape index (κ2) is 11.5. The number of carbonyl (C=O) groups excluding carboxylic acids is 2. The molecule has 34 heavy (non-hydrogen) atoms. The van der Waals surface area contributed by atoms with Gasteiger partial charge in [0.25, 0.3) is 11.8 Å². The van der Waals surface area contributed by atoms with Gasteiger partial charge in [0.15, 0.2) is 0 Å². The smallest absolute Gasteiger partial charge is 0.303 e. The number of carboxylic acids is 1. The van der Waals surface area contributed by atoms with Crippen molar-refractivity contribution in [1.82, 2.24) is 14.7 Å². The van der Waals surface area contributed by atoms with Gasteiger partial charge in [0, 0.05) is 39.3 Å². The van der Waals surface area contributed by atoms with Crippen LogP contribution in [-0.4, -0.2) is 99.0 Å². The van der Waals surface area contributed by atoms with Gasteiger partial charge in [-0.25, -0.2) is 0 Å². The van der Waals surface area contributed by atoms with Crippen molar-refractivity contribution >= 4 is 29.1 Å². The summed E-state index contributed by atoms with van der Waals surface area (Å²) in [7, 11) is 0. The normalized spacial score (nSPS) is 17.9. The largest absolute Gasteiger partial charge is 0.481 e. The summed E-state index contributed by atoms with van der Waals surface area (Å²) in [6.45, 7) is 7.91. The topological polar surface area (TPSA) is 137 Å². The number of aliphatic carboxylic acids is 1. The zero-order valence-electron chi connectivity index (χ0n) is 19.4. The van der Waals surface area contributed by atoms with Gasteiger partial charge >= 0.3 is 17.3 Å². The molecule has 1 unspecified atom stereocenters. The third-order valence-corrected chi connectivity index (χ3v) is 6.14. The van der Waals surface area contributed by atoms with Gasteiger partial charge < -0.3 is 9.84 Å². The Morgan fingerprint density at radius 2 is 1.88 bits per heavy atom. The maximum Gasteiger partial charge on any atom is 0.303 e. The van der Waals surface area contributed by atoms with Crippen LogP contribution in [0, 0.1) is 5.41 Å². The molecule has 0 aromatic heterocycles. The molecule has 0 spiro atoms. The summed E-state index contributed by atoms with van der Waals surface area (Å²) in [6, 6.07) is 4.99. The van der Waals surface area contributed by atoms with E-state index in [0.717, 1.165) is 30.1 Å². The van der Waals surface area contributed by atoms with Crippen LogP contribution in [0.2, 0.25) is 0 Å². The SMILES string of the molecule is CC(C)(CC(=O)O)CN1C(=O)c2ccc(CN(CCN3CCOCC3)COS(=O)O)cc2C1=O. The molecule has 3 rings (SSSR count). The number of ether oxygens (including phenoxy) is 1. The molecule has 0 saturated carbocycles. The number of nitrogens with zero attached hydrogens (tertiary/aromatic N) is 3. The lowest BCUT2D eigenvalue weighted by Crippen LogP contribution is -2.41. The van der Waals surface area contributed by atoms with Crippen molar-refractivity contribution in [3.63, 3.8) is 0 Å². The molecule has 2 N–H and O–H groups in total. The van der Waals surface area contributed by atoms with Crippen molar-refractivity contribution in [3.8, 4) is 0 Å². The number of carbonyl (C=O) groups is 3. The fourth-order valence-electron chi connectivity index (χ4n) is 4.15. The van der Waals surface area contributed by atoms with Crippen LogP contribution < -0.4 is 0 Å². The van der Waals surface area contributed by atoms with E-state index < -0.39 is 34.6 Å². The molecule has 2 aliphatic heterocycles. The van der Waals surface area contributed by atoms with E-state index in [1.807, 2.05) is 4.90 Å². The maximum absolute atomic E-state index is 13.0. The van der Waals surface area contributed by atoms with Gasteiger partial charge in [-0.3, -0.25) is 37.8 Å². The molecular formula is C22H31N3O8S. The Morgan fingerprint density at radius 3 is 2.53 bits per heavy atom. The summed E-state index contributed by atoms with van der Waals surface area (Å²) >= 11 is -2.40. The number of carboxylic acid groups (broad SMARTS) is 1. The molecular weight excluding hydrogens is 466 g/mol. The molecule has 1 aromatic carbocycles. The minimum Gasteiger partial charge on any atom is -0.481 e. The van der Waals surface area contributed by atoms with Gasteiger partial charge in [-0.05, 0) is 23.1 Å². The Balaban J connectivity index is 1.70. The van der Waals surface area contributed by atoms with Crippen molar-refractivity contribution in [2.45, 2.75) is 26.8 Å². The number of amides is 2. The highest BCUT2D eigenvalue weighted by Crippen LogP contribution is 2.30. The number of rotatable bonds is 12. The van der Waals surface area contributed by atoms with Gasteiger partial charge in [0.2, 0.25) is 0 Å². The molecule has 1 aromatic rings. The molecule has 1 saturated heterocycles. The van der Waals surface area contributed by atoms with Crippen molar-refractivity contribution in [2.75, 3.05) is 52.7 Å². The number of morpholine rings is 1. The highest BCUT2D eigenvalue weighted by molar-refractivity contribution is 7.74. The second-order valence-electron chi connectivity index (χ2n) is 9.28. The van der Waals surface area contributed by atoms with Crippen LogP contribution >= 0.6 is 0 Å². The number of benzene rings is 1. The zero-order chi connectivity index (χ0) is 24.9. The lowest BCUT2D eigenvalue weighted by atomic mass is 9.89. The van der Waals surface area contributed by atoms with Crippen molar-refractivity contribution in [1.29, 1.82) is 0 Å². The average Bonchev–Trinajstić information content (AvgIpc) is 2.99. The Kier molecular flexibility index (Phi) is 8.90.